The first-order chi connectivity index (χ1) is 15.1. The van der Waals surface area contributed by atoms with Crippen LogP contribution in [0.2, 0.25) is 5.02 Å². The number of urea groups is 1. The highest BCUT2D eigenvalue weighted by molar-refractivity contribution is 6.30. The summed E-state index contributed by atoms with van der Waals surface area (Å²) in [5.74, 6) is 1.41. The molecule has 3 aliphatic heterocycles. The zero-order valence-electron chi connectivity index (χ0n) is 17.0. The standard InChI is InChI=1S/C22H21ClN6O2/c1-31-20-12-19(24-13-25-20)27-22(30)29-16-7-9-28(10-8-16)18-6-5-17(26-21(18)29)14-3-2-4-15(23)11-14/h2-6,11-13,16H,7-10H2,1H3,(H,24,25,27,30). The van der Waals surface area contributed by atoms with E-state index in [9.17, 15) is 4.79 Å². The number of benzene rings is 1. The molecule has 0 spiro atoms. The lowest BCUT2D eigenvalue weighted by atomic mass is 10.1. The van der Waals surface area contributed by atoms with Crippen LogP contribution in [0, 0.1) is 0 Å². The van der Waals surface area contributed by atoms with Gasteiger partial charge in [0.05, 0.1) is 18.5 Å². The molecule has 9 heteroatoms. The highest BCUT2D eigenvalue weighted by Gasteiger charge is 2.37. The van der Waals surface area contributed by atoms with Gasteiger partial charge in [0.1, 0.15) is 12.1 Å². The molecule has 1 fully saturated rings. The lowest BCUT2D eigenvalue weighted by molar-refractivity contribution is 0.253. The van der Waals surface area contributed by atoms with E-state index in [1.54, 1.807) is 11.0 Å². The molecule has 0 unspecified atom stereocenters. The van der Waals surface area contributed by atoms with Crippen molar-refractivity contribution in [3.63, 3.8) is 0 Å². The van der Waals surface area contributed by atoms with Gasteiger partial charge in [-0.15, -0.1) is 0 Å². The molecule has 158 valence electrons. The SMILES string of the molecule is COc1cc(NC(=O)N2c3nc(-c4cccc(Cl)c4)ccc3N3CCC2CC3)ncn1. The number of aromatic nitrogens is 3. The Morgan fingerprint density at radius 1 is 1.16 bits per heavy atom. The number of fused-ring (bicyclic) bond motifs is 2. The van der Waals surface area contributed by atoms with E-state index in [1.807, 2.05) is 36.4 Å². The van der Waals surface area contributed by atoms with Crippen LogP contribution in [0.3, 0.4) is 0 Å². The Morgan fingerprint density at radius 3 is 2.77 bits per heavy atom. The van der Waals surface area contributed by atoms with Crippen LogP contribution in [-0.4, -0.2) is 47.2 Å². The third kappa shape index (κ3) is 3.74. The van der Waals surface area contributed by atoms with Crippen molar-refractivity contribution >= 4 is 35.0 Å². The van der Waals surface area contributed by atoms with Gasteiger partial charge < -0.3 is 9.64 Å². The second-order valence-corrected chi connectivity index (χ2v) is 7.95. The van der Waals surface area contributed by atoms with E-state index in [0.717, 1.165) is 42.9 Å². The maximum Gasteiger partial charge on any atom is 0.328 e. The number of carbonyl (C=O) groups excluding carboxylic acids is 1. The Morgan fingerprint density at radius 2 is 2.00 bits per heavy atom. The van der Waals surface area contributed by atoms with Gasteiger partial charge in [-0.05, 0) is 37.1 Å². The van der Waals surface area contributed by atoms with Crippen LogP contribution in [0.25, 0.3) is 11.3 Å². The topological polar surface area (TPSA) is 83.5 Å². The molecule has 3 aromatic rings. The predicted molar refractivity (Wildman–Crippen MR) is 120 cm³/mol. The van der Waals surface area contributed by atoms with Gasteiger partial charge in [-0.1, -0.05) is 23.7 Å². The summed E-state index contributed by atoms with van der Waals surface area (Å²) in [7, 11) is 1.52. The highest BCUT2D eigenvalue weighted by atomic mass is 35.5. The zero-order valence-corrected chi connectivity index (χ0v) is 17.7. The van der Waals surface area contributed by atoms with E-state index in [4.69, 9.17) is 21.3 Å². The van der Waals surface area contributed by atoms with Crippen molar-refractivity contribution in [3.8, 4) is 17.1 Å². The van der Waals surface area contributed by atoms with Gasteiger partial charge in [0.2, 0.25) is 5.88 Å². The van der Waals surface area contributed by atoms with Crippen LogP contribution in [0.4, 0.5) is 22.1 Å². The first-order valence-corrected chi connectivity index (χ1v) is 10.5. The van der Waals surface area contributed by atoms with Gasteiger partial charge in [-0.3, -0.25) is 10.2 Å². The van der Waals surface area contributed by atoms with E-state index in [2.05, 4.69) is 20.2 Å². The maximum absolute atomic E-state index is 13.4. The predicted octanol–water partition coefficient (Wildman–Crippen LogP) is 4.22. The molecule has 1 saturated heterocycles. The van der Waals surface area contributed by atoms with E-state index < -0.39 is 0 Å². The number of methoxy groups -OCH3 is 1. The van der Waals surface area contributed by atoms with E-state index in [0.29, 0.717) is 22.5 Å². The third-order valence-electron chi connectivity index (χ3n) is 5.68. The minimum atomic E-state index is -0.272. The molecule has 31 heavy (non-hydrogen) atoms. The van der Waals surface area contributed by atoms with Crippen molar-refractivity contribution in [1.29, 1.82) is 0 Å². The number of ether oxygens (including phenoxy) is 1. The Bertz CT molecular complexity index is 1130. The van der Waals surface area contributed by atoms with Crippen LogP contribution >= 0.6 is 11.6 Å². The lowest BCUT2D eigenvalue weighted by Gasteiger charge is -2.31. The van der Waals surface area contributed by atoms with Crippen LogP contribution in [0.1, 0.15) is 12.8 Å². The average Bonchev–Trinajstić information content (AvgIpc) is 3.04. The van der Waals surface area contributed by atoms with Crippen molar-refractivity contribution in [3.05, 3.63) is 53.8 Å². The third-order valence-corrected chi connectivity index (χ3v) is 5.91. The highest BCUT2D eigenvalue weighted by Crippen LogP contribution is 2.39. The van der Waals surface area contributed by atoms with Gasteiger partial charge in [0.15, 0.2) is 5.82 Å². The molecule has 1 N–H and O–H groups in total. The summed E-state index contributed by atoms with van der Waals surface area (Å²) < 4.78 is 5.14. The maximum atomic E-state index is 13.4. The number of anilines is 3. The summed E-state index contributed by atoms with van der Waals surface area (Å²) in [4.78, 5) is 30.5. The van der Waals surface area contributed by atoms with Gasteiger partial charge in [-0.2, -0.15) is 0 Å². The number of carbonyl (C=O) groups is 1. The smallest absolute Gasteiger partial charge is 0.328 e. The summed E-state index contributed by atoms with van der Waals surface area (Å²) in [5.41, 5.74) is 2.63. The fraction of sp³-hybridized carbons (Fsp3) is 0.273. The fourth-order valence-corrected chi connectivity index (χ4v) is 4.35. The van der Waals surface area contributed by atoms with Crippen molar-refractivity contribution in [1.82, 2.24) is 15.0 Å². The Balaban J connectivity index is 1.54. The van der Waals surface area contributed by atoms with Crippen LogP contribution in [0.15, 0.2) is 48.8 Å². The molecular formula is C22H21ClN6O2. The van der Waals surface area contributed by atoms with Gasteiger partial charge in [0, 0.05) is 35.8 Å². The molecule has 0 radical (unpaired) electrons. The van der Waals surface area contributed by atoms with Crippen LogP contribution < -0.4 is 19.9 Å². The molecule has 8 nitrogen and oxygen atoms in total. The number of amides is 2. The van der Waals surface area contributed by atoms with Gasteiger partial charge >= 0.3 is 6.03 Å². The number of pyridine rings is 1. The molecule has 1 aromatic carbocycles. The second kappa shape index (κ2) is 8.03. The molecule has 3 aliphatic rings. The Labute approximate surface area is 184 Å². The Kier molecular flexibility index (Phi) is 5.07. The van der Waals surface area contributed by atoms with Gasteiger partial charge in [-0.25, -0.2) is 19.7 Å². The number of hydrogen-bond donors (Lipinski definition) is 1. The lowest BCUT2D eigenvalue weighted by Crippen LogP contribution is -2.46. The fourth-order valence-electron chi connectivity index (χ4n) is 4.16. The van der Waals surface area contributed by atoms with Crippen molar-refractivity contribution in [2.24, 2.45) is 0 Å². The normalized spacial score (nSPS) is 15.4. The second-order valence-electron chi connectivity index (χ2n) is 7.51. The van der Waals surface area contributed by atoms with Crippen LogP contribution in [-0.2, 0) is 0 Å². The molecule has 2 amide bonds. The number of rotatable bonds is 3. The van der Waals surface area contributed by atoms with E-state index in [1.165, 1.54) is 13.4 Å². The molecule has 0 atom stereocenters. The summed E-state index contributed by atoms with van der Waals surface area (Å²) in [6, 6.07) is 13.0. The molecule has 6 rings (SSSR count). The molecule has 2 aromatic heterocycles. The van der Waals surface area contributed by atoms with Crippen molar-refractivity contribution < 1.29 is 9.53 Å². The largest absolute Gasteiger partial charge is 0.481 e. The zero-order chi connectivity index (χ0) is 21.4. The number of nitrogens with one attached hydrogen (secondary N) is 1. The van der Waals surface area contributed by atoms with E-state index >= 15 is 0 Å². The van der Waals surface area contributed by atoms with Crippen molar-refractivity contribution in [2.75, 3.05) is 35.3 Å². The van der Waals surface area contributed by atoms with Gasteiger partial charge in [0.25, 0.3) is 0 Å². The number of nitrogens with zero attached hydrogens (tertiary/aromatic N) is 5. The van der Waals surface area contributed by atoms with E-state index in [-0.39, 0.29) is 12.1 Å². The molecule has 0 aliphatic carbocycles. The minimum Gasteiger partial charge on any atom is -0.481 e. The summed E-state index contributed by atoms with van der Waals surface area (Å²) >= 11 is 6.18. The summed E-state index contributed by atoms with van der Waals surface area (Å²) in [5, 5.41) is 3.53. The number of halogens is 1. The first kappa shape index (κ1) is 19.6. The molecule has 5 heterocycles. The first-order valence-electron chi connectivity index (χ1n) is 10.1. The summed E-state index contributed by atoms with van der Waals surface area (Å²) in [6.07, 6.45) is 3.12. The Hall–Kier alpha value is -3.39. The number of piperidine rings is 1. The average molecular weight is 437 g/mol. The quantitative estimate of drug-likeness (QED) is 0.661. The molecule has 0 saturated carbocycles. The summed E-state index contributed by atoms with van der Waals surface area (Å²) in [6.45, 7) is 1.78. The van der Waals surface area contributed by atoms with Crippen LogP contribution in [0.5, 0.6) is 5.88 Å². The minimum absolute atomic E-state index is 0.0587. The molecular weight excluding hydrogens is 416 g/mol. The molecule has 2 bridgehead atoms. The number of hydrogen-bond acceptors (Lipinski definition) is 6. The monoisotopic (exact) mass is 436 g/mol. The van der Waals surface area contributed by atoms with Crippen molar-refractivity contribution in [2.45, 2.75) is 18.9 Å².